The van der Waals surface area contributed by atoms with Crippen molar-refractivity contribution >= 4 is 17.5 Å². The van der Waals surface area contributed by atoms with E-state index in [0.29, 0.717) is 11.6 Å². The molecule has 2 aliphatic carbocycles. The maximum atomic E-state index is 13.7. The molecule has 0 radical (unpaired) electrons. The summed E-state index contributed by atoms with van der Waals surface area (Å²) in [5, 5.41) is 3.25. The van der Waals surface area contributed by atoms with Gasteiger partial charge in [0.2, 0.25) is 5.91 Å². The molecule has 1 spiro atoms. The second kappa shape index (κ2) is 6.77. The Morgan fingerprint density at radius 2 is 1.61 bits per heavy atom. The zero-order chi connectivity index (χ0) is 19.1. The Hall–Kier alpha value is -2.62. The van der Waals surface area contributed by atoms with Crippen LogP contribution in [-0.4, -0.2) is 23.4 Å². The summed E-state index contributed by atoms with van der Waals surface area (Å²) in [5.74, 6) is -0.202. The molecule has 3 aliphatic rings. The molecule has 0 saturated heterocycles. The molecule has 0 bridgehead atoms. The van der Waals surface area contributed by atoms with Crippen LogP contribution in [0.15, 0.2) is 54.6 Å². The fourth-order valence-electron chi connectivity index (χ4n) is 5.21. The topological polar surface area (TPSA) is 49.4 Å². The first kappa shape index (κ1) is 17.5. The molecule has 1 unspecified atom stereocenters. The SMILES string of the molecule is O=C(NC1CC1)C1c2ccccc2C(=O)N(c2ccccc2)C12CCCCC2. The quantitative estimate of drug-likeness (QED) is 0.865. The third-order valence-corrected chi connectivity index (χ3v) is 6.61. The molecule has 2 aromatic carbocycles. The van der Waals surface area contributed by atoms with E-state index in [4.69, 9.17) is 0 Å². The highest BCUT2D eigenvalue weighted by atomic mass is 16.2. The van der Waals surface area contributed by atoms with Gasteiger partial charge < -0.3 is 10.2 Å². The molecule has 4 nitrogen and oxygen atoms in total. The molecule has 0 aromatic heterocycles. The van der Waals surface area contributed by atoms with Crippen LogP contribution in [0.3, 0.4) is 0 Å². The van der Waals surface area contributed by atoms with Gasteiger partial charge in [0.1, 0.15) is 0 Å². The second-order valence-corrected chi connectivity index (χ2v) is 8.44. The zero-order valence-electron chi connectivity index (χ0n) is 16.1. The molecule has 2 amide bonds. The number of amides is 2. The number of benzene rings is 2. The van der Waals surface area contributed by atoms with Crippen LogP contribution in [-0.2, 0) is 4.79 Å². The molecule has 2 fully saturated rings. The monoisotopic (exact) mass is 374 g/mol. The van der Waals surface area contributed by atoms with Crippen molar-refractivity contribution in [3.05, 3.63) is 65.7 Å². The van der Waals surface area contributed by atoms with E-state index in [9.17, 15) is 9.59 Å². The summed E-state index contributed by atoms with van der Waals surface area (Å²) < 4.78 is 0. The minimum atomic E-state index is -0.482. The maximum Gasteiger partial charge on any atom is 0.259 e. The number of para-hydroxylation sites is 1. The summed E-state index contributed by atoms with van der Waals surface area (Å²) in [5.41, 5.74) is 1.98. The number of fused-ring (bicyclic) bond motifs is 1. The number of nitrogens with one attached hydrogen (secondary N) is 1. The molecule has 28 heavy (non-hydrogen) atoms. The Labute approximate surface area is 165 Å². The second-order valence-electron chi connectivity index (χ2n) is 8.44. The van der Waals surface area contributed by atoms with Gasteiger partial charge in [0.15, 0.2) is 0 Å². The number of anilines is 1. The van der Waals surface area contributed by atoms with Crippen LogP contribution in [0.1, 0.15) is 66.8 Å². The molecule has 2 aromatic rings. The highest BCUT2D eigenvalue weighted by molar-refractivity contribution is 6.12. The minimum absolute atomic E-state index is 0.0270. The van der Waals surface area contributed by atoms with Crippen LogP contribution < -0.4 is 10.2 Å². The van der Waals surface area contributed by atoms with Crippen LogP contribution in [0.2, 0.25) is 0 Å². The van der Waals surface area contributed by atoms with E-state index in [-0.39, 0.29) is 17.7 Å². The first-order valence-electron chi connectivity index (χ1n) is 10.5. The fraction of sp³-hybridized carbons (Fsp3) is 0.417. The van der Waals surface area contributed by atoms with E-state index in [1.165, 1.54) is 0 Å². The Morgan fingerprint density at radius 3 is 2.32 bits per heavy atom. The van der Waals surface area contributed by atoms with Gasteiger partial charge in [0, 0.05) is 17.3 Å². The number of hydrogen-bond donors (Lipinski definition) is 1. The van der Waals surface area contributed by atoms with Gasteiger partial charge in [0.25, 0.3) is 5.91 Å². The van der Waals surface area contributed by atoms with Crippen molar-refractivity contribution in [2.75, 3.05) is 4.90 Å². The van der Waals surface area contributed by atoms with Crippen LogP contribution >= 0.6 is 0 Å². The van der Waals surface area contributed by atoms with E-state index < -0.39 is 5.54 Å². The molecule has 5 rings (SSSR count). The van der Waals surface area contributed by atoms with Gasteiger partial charge in [-0.05, 0) is 49.4 Å². The lowest BCUT2D eigenvalue weighted by atomic mass is 9.65. The van der Waals surface area contributed by atoms with Gasteiger partial charge in [-0.15, -0.1) is 0 Å². The highest BCUT2D eigenvalue weighted by Crippen LogP contribution is 2.51. The lowest BCUT2D eigenvalue weighted by Gasteiger charge is -2.53. The maximum absolute atomic E-state index is 13.7. The Morgan fingerprint density at radius 1 is 0.929 bits per heavy atom. The molecule has 2 saturated carbocycles. The van der Waals surface area contributed by atoms with Gasteiger partial charge in [-0.2, -0.15) is 0 Å². The predicted molar refractivity (Wildman–Crippen MR) is 109 cm³/mol. The van der Waals surface area contributed by atoms with Crippen molar-refractivity contribution in [2.24, 2.45) is 0 Å². The number of rotatable bonds is 3. The van der Waals surface area contributed by atoms with Crippen molar-refractivity contribution in [3.8, 4) is 0 Å². The Bertz CT molecular complexity index is 898. The summed E-state index contributed by atoms with van der Waals surface area (Å²) in [6, 6.07) is 17.9. The van der Waals surface area contributed by atoms with Crippen LogP contribution in [0.4, 0.5) is 5.69 Å². The van der Waals surface area contributed by atoms with Gasteiger partial charge in [0.05, 0.1) is 11.5 Å². The van der Waals surface area contributed by atoms with Crippen LogP contribution in [0.5, 0.6) is 0 Å². The normalized spacial score (nSPS) is 23.4. The van der Waals surface area contributed by atoms with Crippen molar-refractivity contribution in [1.82, 2.24) is 5.32 Å². The van der Waals surface area contributed by atoms with Crippen LogP contribution in [0.25, 0.3) is 0 Å². The number of carbonyl (C=O) groups excluding carboxylic acids is 2. The van der Waals surface area contributed by atoms with Gasteiger partial charge >= 0.3 is 0 Å². The molecule has 1 N–H and O–H groups in total. The highest BCUT2D eigenvalue weighted by Gasteiger charge is 2.55. The molecule has 1 aliphatic heterocycles. The standard InChI is InChI=1S/C24H26N2O2/c27-22(25-17-13-14-17)21-19-11-5-6-12-20(19)23(28)26(18-9-3-1-4-10-18)24(21)15-7-2-8-16-24/h1,3-6,9-12,17,21H,2,7-8,13-16H2,(H,25,27). The Balaban J connectivity index is 1.70. The molecule has 1 heterocycles. The predicted octanol–water partition coefficient (Wildman–Crippen LogP) is 4.41. The van der Waals surface area contributed by atoms with Crippen molar-refractivity contribution < 1.29 is 9.59 Å². The molecular formula is C24H26N2O2. The van der Waals surface area contributed by atoms with E-state index in [2.05, 4.69) is 5.32 Å². The molecule has 144 valence electrons. The number of carbonyl (C=O) groups is 2. The summed E-state index contributed by atoms with van der Waals surface area (Å²) in [7, 11) is 0. The summed E-state index contributed by atoms with van der Waals surface area (Å²) in [6.07, 6.45) is 7.12. The summed E-state index contributed by atoms with van der Waals surface area (Å²) >= 11 is 0. The van der Waals surface area contributed by atoms with Gasteiger partial charge in [-0.1, -0.05) is 55.7 Å². The van der Waals surface area contributed by atoms with E-state index in [0.717, 1.165) is 56.2 Å². The third-order valence-electron chi connectivity index (χ3n) is 6.61. The van der Waals surface area contributed by atoms with Gasteiger partial charge in [-0.25, -0.2) is 0 Å². The van der Waals surface area contributed by atoms with Gasteiger partial charge in [-0.3, -0.25) is 9.59 Å². The summed E-state index contributed by atoms with van der Waals surface area (Å²) in [6.45, 7) is 0. The van der Waals surface area contributed by atoms with E-state index in [1.54, 1.807) is 0 Å². The van der Waals surface area contributed by atoms with Crippen LogP contribution in [0, 0.1) is 0 Å². The first-order valence-corrected chi connectivity index (χ1v) is 10.5. The van der Waals surface area contributed by atoms with Crippen molar-refractivity contribution in [3.63, 3.8) is 0 Å². The van der Waals surface area contributed by atoms with Crippen molar-refractivity contribution in [1.29, 1.82) is 0 Å². The minimum Gasteiger partial charge on any atom is -0.353 e. The van der Waals surface area contributed by atoms with E-state index in [1.807, 2.05) is 59.5 Å². The smallest absolute Gasteiger partial charge is 0.259 e. The van der Waals surface area contributed by atoms with E-state index >= 15 is 0 Å². The average molecular weight is 374 g/mol. The lowest BCUT2D eigenvalue weighted by Crippen LogP contribution is -2.63. The summed E-state index contributed by atoms with van der Waals surface area (Å²) in [4.78, 5) is 29.2. The molecule has 1 atom stereocenters. The fourth-order valence-corrected chi connectivity index (χ4v) is 5.21. The average Bonchev–Trinajstić information content (AvgIpc) is 3.53. The lowest BCUT2D eigenvalue weighted by molar-refractivity contribution is -0.124. The Kier molecular flexibility index (Phi) is 4.22. The first-order chi connectivity index (χ1) is 13.7. The van der Waals surface area contributed by atoms with Crippen molar-refractivity contribution in [2.45, 2.75) is 62.4 Å². The number of nitrogens with zero attached hydrogens (tertiary/aromatic N) is 1. The molecule has 4 heteroatoms. The zero-order valence-corrected chi connectivity index (χ0v) is 16.1. The molecular weight excluding hydrogens is 348 g/mol. The third kappa shape index (κ3) is 2.74. The number of hydrogen-bond acceptors (Lipinski definition) is 2. The largest absolute Gasteiger partial charge is 0.353 e.